The van der Waals surface area contributed by atoms with E-state index in [1.807, 2.05) is 0 Å². The van der Waals surface area contributed by atoms with E-state index in [9.17, 15) is 22.0 Å². The van der Waals surface area contributed by atoms with Gasteiger partial charge in [0.15, 0.2) is 11.6 Å². The van der Waals surface area contributed by atoms with Crippen LogP contribution in [0.1, 0.15) is 5.56 Å². The number of benzene rings is 3. The predicted molar refractivity (Wildman–Crippen MR) is 112 cm³/mol. The van der Waals surface area contributed by atoms with E-state index in [1.165, 1.54) is 24.3 Å². The van der Waals surface area contributed by atoms with Gasteiger partial charge in [-0.05, 0) is 66.2 Å². The molecule has 0 aliphatic carbocycles. The first kappa shape index (κ1) is 24.0. The number of hydrogen-bond donors (Lipinski definition) is 0. The monoisotopic (exact) mass is 516 g/mol. The van der Waals surface area contributed by atoms with Crippen LogP contribution >= 0.6 is 15.9 Å². The van der Waals surface area contributed by atoms with Gasteiger partial charge in [-0.3, -0.25) is 0 Å². The van der Waals surface area contributed by atoms with Crippen molar-refractivity contribution < 1.29 is 36.2 Å². The summed E-state index contributed by atoms with van der Waals surface area (Å²) >= 11 is 3.29. The Morgan fingerprint density at radius 1 is 0.812 bits per heavy atom. The van der Waals surface area contributed by atoms with E-state index in [0.717, 1.165) is 22.7 Å². The molecule has 3 aromatic carbocycles. The zero-order valence-electron chi connectivity index (χ0n) is 16.5. The van der Waals surface area contributed by atoms with Gasteiger partial charge in [0.25, 0.3) is 0 Å². The smallest absolute Gasteiger partial charge is 0.397 e. The molecule has 0 aliphatic rings. The minimum atomic E-state index is -4.56. The Balaban J connectivity index is 1.57. The van der Waals surface area contributed by atoms with Gasteiger partial charge in [-0.25, -0.2) is 8.78 Å². The molecule has 0 radical (unpaired) electrons. The molecule has 0 saturated carbocycles. The van der Waals surface area contributed by atoms with Crippen molar-refractivity contribution in [1.29, 1.82) is 0 Å². The summed E-state index contributed by atoms with van der Waals surface area (Å²) in [5.74, 6) is -2.57. The van der Waals surface area contributed by atoms with E-state index >= 15 is 0 Å². The Hall–Kier alpha value is -2.65. The van der Waals surface area contributed by atoms with Crippen LogP contribution in [-0.4, -0.2) is 19.4 Å². The lowest BCUT2D eigenvalue weighted by Gasteiger charge is -2.21. The Morgan fingerprint density at radius 2 is 1.47 bits per heavy atom. The summed E-state index contributed by atoms with van der Waals surface area (Å²) in [6.45, 7) is -1.53. The van der Waals surface area contributed by atoms with Crippen molar-refractivity contribution in [3.8, 4) is 17.2 Å². The molecule has 0 fully saturated rings. The second kappa shape index (κ2) is 10.8. The minimum absolute atomic E-state index is 0.0690. The van der Waals surface area contributed by atoms with E-state index in [-0.39, 0.29) is 18.1 Å². The van der Waals surface area contributed by atoms with Crippen LogP contribution in [0, 0.1) is 17.6 Å². The molecule has 0 spiro atoms. The highest BCUT2D eigenvalue weighted by Crippen LogP contribution is 2.29. The van der Waals surface area contributed by atoms with E-state index in [4.69, 9.17) is 14.2 Å². The molecule has 0 aliphatic heterocycles. The van der Waals surface area contributed by atoms with Crippen LogP contribution in [0.4, 0.5) is 22.0 Å². The third-order valence-electron chi connectivity index (χ3n) is 4.35. The summed E-state index contributed by atoms with van der Waals surface area (Å²) in [4.78, 5) is 0. The zero-order chi connectivity index (χ0) is 23.1. The van der Waals surface area contributed by atoms with Crippen molar-refractivity contribution in [1.82, 2.24) is 0 Å². The molecule has 3 nitrogen and oxygen atoms in total. The fraction of sp³-hybridized carbons (Fsp3) is 0.217. The Morgan fingerprint density at radius 3 is 2.12 bits per heavy atom. The molecular formula is C23H18BrF5O3. The molecule has 0 saturated heterocycles. The Kier molecular flexibility index (Phi) is 8.09. The highest BCUT2D eigenvalue weighted by molar-refractivity contribution is 9.10. The zero-order valence-corrected chi connectivity index (χ0v) is 18.1. The van der Waals surface area contributed by atoms with Crippen LogP contribution in [0.25, 0.3) is 0 Å². The number of alkyl halides is 3. The number of hydrogen-bond acceptors (Lipinski definition) is 3. The van der Waals surface area contributed by atoms with Crippen molar-refractivity contribution in [2.45, 2.75) is 12.8 Å². The van der Waals surface area contributed by atoms with Crippen LogP contribution in [0.5, 0.6) is 17.2 Å². The second-order valence-corrected chi connectivity index (χ2v) is 7.76. The van der Waals surface area contributed by atoms with Crippen molar-refractivity contribution >= 4 is 15.9 Å². The van der Waals surface area contributed by atoms with Gasteiger partial charge in [0.1, 0.15) is 29.8 Å². The van der Waals surface area contributed by atoms with E-state index in [0.29, 0.717) is 11.3 Å². The van der Waals surface area contributed by atoms with Gasteiger partial charge in [-0.2, -0.15) is 13.2 Å². The highest BCUT2D eigenvalue weighted by Gasteiger charge is 2.40. The fourth-order valence-electron chi connectivity index (χ4n) is 2.63. The lowest BCUT2D eigenvalue weighted by atomic mass is 10.1. The van der Waals surface area contributed by atoms with Gasteiger partial charge >= 0.3 is 6.18 Å². The maximum absolute atomic E-state index is 14.1. The first-order chi connectivity index (χ1) is 15.2. The molecule has 9 heteroatoms. The minimum Gasteiger partial charge on any atom is -0.493 e. The summed E-state index contributed by atoms with van der Waals surface area (Å²) < 4.78 is 83.6. The lowest BCUT2D eigenvalue weighted by Crippen LogP contribution is -2.32. The summed E-state index contributed by atoms with van der Waals surface area (Å²) in [7, 11) is 0. The van der Waals surface area contributed by atoms with E-state index in [1.54, 1.807) is 24.3 Å². The third kappa shape index (κ3) is 7.20. The Bertz CT molecular complexity index is 1010. The van der Waals surface area contributed by atoms with Crippen molar-refractivity contribution in [2.75, 3.05) is 13.2 Å². The van der Waals surface area contributed by atoms with Gasteiger partial charge < -0.3 is 14.2 Å². The molecule has 1 atom stereocenters. The number of rotatable bonds is 9. The molecule has 0 aromatic heterocycles. The average molecular weight is 517 g/mol. The van der Waals surface area contributed by atoms with Crippen molar-refractivity contribution in [2.24, 2.45) is 5.92 Å². The fourth-order valence-corrected chi connectivity index (χ4v) is 2.89. The largest absolute Gasteiger partial charge is 0.493 e. The SMILES string of the molecule is Fc1ccc(OCC(COCc2ccc(F)c(Oc3ccc(Br)cc3)c2)C(F)(F)F)cc1. The summed E-state index contributed by atoms with van der Waals surface area (Å²) in [5, 5.41) is 0. The lowest BCUT2D eigenvalue weighted by molar-refractivity contribution is -0.196. The standard InChI is InChI=1S/C23H18BrF5O3/c24-17-2-6-20(7-3-17)32-22-11-15(1-10-21(22)26)12-30-13-16(23(27,28)29)14-31-19-8-4-18(25)5-9-19/h1-11,16H,12-14H2. The van der Waals surface area contributed by atoms with E-state index < -0.39 is 36.9 Å². The highest BCUT2D eigenvalue weighted by atomic mass is 79.9. The van der Waals surface area contributed by atoms with Crippen LogP contribution < -0.4 is 9.47 Å². The molecular weight excluding hydrogens is 499 g/mol. The molecule has 3 aromatic rings. The molecule has 0 bridgehead atoms. The average Bonchev–Trinajstić information content (AvgIpc) is 2.74. The van der Waals surface area contributed by atoms with E-state index in [2.05, 4.69) is 15.9 Å². The van der Waals surface area contributed by atoms with Gasteiger partial charge in [0.2, 0.25) is 0 Å². The van der Waals surface area contributed by atoms with Crippen LogP contribution in [0.3, 0.4) is 0 Å². The quantitative estimate of drug-likeness (QED) is 0.279. The normalized spacial score (nSPS) is 12.4. The predicted octanol–water partition coefficient (Wildman–Crippen LogP) is 7.29. The van der Waals surface area contributed by atoms with Crippen LogP contribution in [0.2, 0.25) is 0 Å². The molecule has 0 amide bonds. The van der Waals surface area contributed by atoms with Gasteiger partial charge in [0, 0.05) is 4.47 Å². The molecule has 3 rings (SSSR count). The molecule has 1 unspecified atom stereocenters. The molecule has 170 valence electrons. The van der Waals surface area contributed by atoms with Crippen LogP contribution in [-0.2, 0) is 11.3 Å². The summed E-state index contributed by atoms with van der Waals surface area (Å²) in [6.07, 6.45) is -4.56. The second-order valence-electron chi connectivity index (χ2n) is 6.84. The molecule has 32 heavy (non-hydrogen) atoms. The number of halogens is 6. The molecule has 0 N–H and O–H groups in total. The van der Waals surface area contributed by atoms with Gasteiger partial charge in [-0.1, -0.05) is 22.0 Å². The first-order valence-corrected chi connectivity index (χ1v) is 10.2. The maximum Gasteiger partial charge on any atom is 0.397 e. The van der Waals surface area contributed by atoms with Crippen LogP contribution in [0.15, 0.2) is 71.2 Å². The van der Waals surface area contributed by atoms with Crippen molar-refractivity contribution in [3.63, 3.8) is 0 Å². The maximum atomic E-state index is 14.1. The van der Waals surface area contributed by atoms with Gasteiger partial charge in [0.05, 0.1) is 13.2 Å². The van der Waals surface area contributed by atoms with Gasteiger partial charge in [-0.15, -0.1) is 0 Å². The Labute approximate surface area is 189 Å². The topological polar surface area (TPSA) is 27.7 Å². The first-order valence-electron chi connectivity index (χ1n) is 9.45. The summed E-state index contributed by atoms with van der Waals surface area (Å²) in [6, 6.07) is 15.3. The summed E-state index contributed by atoms with van der Waals surface area (Å²) in [5.41, 5.74) is 0.443. The van der Waals surface area contributed by atoms with Crippen molar-refractivity contribution in [3.05, 3.63) is 88.4 Å². The number of ether oxygens (including phenoxy) is 3. The molecule has 0 heterocycles. The third-order valence-corrected chi connectivity index (χ3v) is 4.88.